The van der Waals surface area contributed by atoms with Gasteiger partial charge >= 0.3 is 0 Å². The molecule has 3 heterocycles. The number of benzene rings is 2. The first kappa shape index (κ1) is 18.7. The smallest absolute Gasteiger partial charge is 0.249 e. The van der Waals surface area contributed by atoms with E-state index in [2.05, 4.69) is 22.0 Å². The predicted octanol–water partition coefficient (Wildman–Crippen LogP) is 3.46. The molecule has 1 fully saturated rings. The van der Waals surface area contributed by atoms with Crippen molar-refractivity contribution >= 4 is 27.7 Å². The van der Waals surface area contributed by atoms with Crippen molar-refractivity contribution < 1.29 is 9.53 Å². The number of nitrogens with zero attached hydrogens (tertiary/aromatic N) is 3. The molecule has 1 unspecified atom stereocenters. The van der Waals surface area contributed by atoms with Crippen LogP contribution < -0.4 is 5.73 Å². The number of hydrogen-bond acceptors (Lipinski definition) is 5. The summed E-state index contributed by atoms with van der Waals surface area (Å²) < 4.78 is 6.03. The number of morpholine rings is 1. The summed E-state index contributed by atoms with van der Waals surface area (Å²) in [6.45, 7) is 2.94. The second-order valence-electron chi connectivity index (χ2n) is 7.56. The Morgan fingerprint density at radius 3 is 2.67 bits per heavy atom. The third-order valence-corrected chi connectivity index (χ3v) is 5.62. The van der Waals surface area contributed by atoms with E-state index in [0.29, 0.717) is 18.7 Å². The number of ether oxygens (including phenoxy) is 1. The Hall–Kier alpha value is -3.35. The molecule has 5 rings (SSSR count). The Morgan fingerprint density at radius 2 is 1.83 bits per heavy atom. The highest BCUT2D eigenvalue weighted by atomic mass is 16.5. The molecular weight excluding hydrogens is 376 g/mol. The maximum Gasteiger partial charge on any atom is 0.249 e. The van der Waals surface area contributed by atoms with Crippen molar-refractivity contribution in [1.29, 1.82) is 0 Å². The minimum Gasteiger partial charge on any atom is -0.369 e. The van der Waals surface area contributed by atoms with Gasteiger partial charge in [-0.3, -0.25) is 14.7 Å². The molecule has 0 aliphatic carbocycles. The zero-order valence-corrected chi connectivity index (χ0v) is 16.5. The van der Waals surface area contributed by atoms with Crippen LogP contribution in [0.15, 0.2) is 66.9 Å². The zero-order chi connectivity index (χ0) is 20.5. The van der Waals surface area contributed by atoms with Crippen molar-refractivity contribution in [2.75, 3.05) is 19.7 Å². The van der Waals surface area contributed by atoms with E-state index in [1.165, 1.54) is 10.9 Å². The van der Waals surface area contributed by atoms with E-state index in [4.69, 9.17) is 15.5 Å². The molecule has 0 spiro atoms. The zero-order valence-electron chi connectivity index (χ0n) is 16.5. The molecule has 30 heavy (non-hydrogen) atoms. The van der Waals surface area contributed by atoms with Gasteiger partial charge in [0.15, 0.2) is 0 Å². The summed E-state index contributed by atoms with van der Waals surface area (Å²) in [7, 11) is 0. The number of fused-ring (bicyclic) bond motifs is 2. The van der Waals surface area contributed by atoms with Gasteiger partial charge in [0, 0.05) is 36.6 Å². The van der Waals surface area contributed by atoms with Gasteiger partial charge in [-0.2, -0.15) is 0 Å². The molecule has 1 saturated heterocycles. The van der Waals surface area contributed by atoms with Crippen LogP contribution in [-0.4, -0.2) is 40.5 Å². The minimum absolute atomic E-state index is 0.213. The number of carbonyl (C=O) groups excluding carboxylic acids is 1. The molecule has 1 aliphatic heterocycles. The van der Waals surface area contributed by atoms with Gasteiger partial charge < -0.3 is 10.5 Å². The fourth-order valence-electron chi connectivity index (χ4n) is 4.12. The van der Waals surface area contributed by atoms with Crippen LogP contribution in [0, 0.1) is 0 Å². The molecule has 1 atom stereocenters. The monoisotopic (exact) mass is 398 g/mol. The first-order valence-electron chi connectivity index (χ1n) is 10.0. The summed E-state index contributed by atoms with van der Waals surface area (Å²) in [5.74, 6) is -0.453. The molecular formula is C24H22N4O2. The van der Waals surface area contributed by atoms with Crippen molar-refractivity contribution in [1.82, 2.24) is 14.9 Å². The lowest BCUT2D eigenvalue weighted by atomic mass is 10.0. The van der Waals surface area contributed by atoms with Gasteiger partial charge in [-0.1, -0.05) is 36.4 Å². The third-order valence-electron chi connectivity index (χ3n) is 5.62. The highest BCUT2D eigenvalue weighted by Crippen LogP contribution is 2.27. The van der Waals surface area contributed by atoms with Crippen LogP contribution in [0.1, 0.15) is 27.7 Å². The summed E-state index contributed by atoms with van der Waals surface area (Å²) in [6, 6.07) is 19.6. The Morgan fingerprint density at radius 1 is 1.07 bits per heavy atom. The number of para-hydroxylation sites is 2. The molecule has 1 amide bonds. The Labute approximate surface area is 174 Å². The van der Waals surface area contributed by atoms with Gasteiger partial charge in [0.25, 0.3) is 0 Å². The van der Waals surface area contributed by atoms with Gasteiger partial charge in [-0.05, 0) is 29.8 Å². The normalized spacial score (nSPS) is 17.4. The Balaban J connectivity index is 1.44. The van der Waals surface area contributed by atoms with E-state index in [1.54, 1.807) is 6.07 Å². The van der Waals surface area contributed by atoms with Gasteiger partial charge in [0.05, 0.1) is 28.9 Å². The predicted molar refractivity (Wildman–Crippen MR) is 116 cm³/mol. The SMILES string of the molecule is NC(=O)c1cc(C2CN(Cc3ccnc4ccccc34)CCO2)nc2ccccc12. The van der Waals surface area contributed by atoms with E-state index >= 15 is 0 Å². The summed E-state index contributed by atoms with van der Waals surface area (Å²) in [6.07, 6.45) is 1.65. The van der Waals surface area contributed by atoms with Crippen LogP contribution in [0.5, 0.6) is 0 Å². The molecule has 2 aromatic heterocycles. The summed E-state index contributed by atoms with van der Waals surface area (Å²) >= 11 is 0. The van der Waals surface area contributed by atoms with Crippen molar-refractivity contribution in [3.05, 3.63) is 83.7 Å². The molecule has 6 nitrogen and oxygen atoms in total. The van der Waals surface area contributed by atoms with E-state index in [9.17, 15) is 4.79 Å². The standard InChI is InChI=1S/C24H22N4O2/c25-24(29)19-13-22(27-21-8-4-2-6-18(19)21)23-15-28(11-12-30-23)14-16-9-10-26-20-7-3-1-5-17(16)20/h1-10,13,23H,11-12,14-15H2,(H2,25,29). The Kier molecular flexibility index (Phi) is 4.86. The summed E-state index contributed by atoms with van der Waals surface area (Å²) in [5, 5.41) is 1.94. The van der Waals surface area contributed by atoms with E-state index in [1.807, 2.05) is 48.7 Å². The number of hydrogen-bond donors (Lipinski definition) is 1. The third kappa shape index (κ3) is 3.51. The number of nitrogens with two attached hydrogens (primary N) is 1. The van der Waals surface area contributed by atoms with Crippen LogP contribution in [0.4, 0.5) is 0 Å². The quantitative estimate of drug-likeness (QED) is 0.569. The van der Waals surface area contributed by atoms with Crippen LogP contribution >= 0.6 is 0 Å². The van der Waals surface area contributed by atoms with Gasteiger partial charge in [0.1, 0.15) is 6.10 Å². The largest absolute Gasteiger partial charge is 0.369 e. The number of carbonyl (C=O) groups is 1. The Bertz CT molecular complexity index is 1240. The number of primary amides is 1. The molecule has 0 bridgehead atoms. The number of aromatic nitrogens is 2. The molecule has 2 N–H and O–H groups in total. The van der Waals surface area contributed by atoms with Gasteiger partial charge in [0.2, 0.25) is 5.91 Å². The average Bonchev–Trinajstić information content (AvgIpc) is 2.79. The average molecular weight is 398 g/mol. The molecule has 2 aromatic carbocycles. The van der Waals surface area contributed by atoms with Crippen molar-refractivity contribution in [3.8, 4) is 0 Å². The van der Waals surface area contributed by atoms with E-state index < -0.39 is 5.91 Å². The van der Waals surface area contributed by atoms with Crippen LogP contribution in [0.3, 0.4) is 0 Å². The van der Waals surface area contributed by atoms with E-state index in [-0.39, 0.29) is 6.10 Å². The summed E-state index contributed by atoms with van der Waals surface area (Å²) in [5.41, 5.74) is 9.86. The van der Waals surface area contributed by atoms with Crippen molar-refractivity contribution in [2.45, 2.75) is 12.6 Å². The molecule has 150 valence electrons. The highest BCUT2D eigenvalue weighted by molar-refractivity contribution is 6.05. The fraction of sp³-hybridized carbons (Fsp3) is 0.208. The second kappa shape index (κ2) is 7.82. The molecule has 4 aromatic rings. The topological polar surface area (TPSA) is 81.3 Å². The van der Waals surface area contributed by atoms with Crippen molar-refractivity contribution in [3.63, 3.8) is 0 Å². The maximum absolute atomic E-state index is 12.0. The lowest BCUT2D eigenvalue weighted by molar-refractivity contribution is -0.0347. The van der Waals surface area contributed by atoms with Crippen molar-refractivity contribution in [2.24, 2.45) is 5.73 Å². The number of amides is 1. The highest BCUT2D eigenvalue weighted by Gasteiger charge is 2.25. The molecule has 6 heteroatoms. The van der Waals surface area contributed by atoms with Crippen LogP contribution in [-0.2, 0) is 11.3 Å². The summed E-state index contributed by atoms with van der Waals surface area (Å²) in [4.78, 5) is 23.6. The van der Waals surface area contributed by atoms with Gasteiger partial charge in [-0.25, -0.2) is 4.98 Å². The van der Waals surface area contributed by atoms with E-state index in [0.717, 1.165) is 35.2 Å². The lowest BCUT2D eigenvalue weighted by Gasteiger charge is -2.33. The molecule has 1 aliphatic rings. The maximum atomic E-state index is 12.0. The lowest BCUT2D eigenvalue weighted by Crippen LogP contribution is -2.38. The number of pyridine rings is 2. The molecule has 0 radical (unpaired) electrons. The second-order valence-corrected chi connectivity index (χ2v) is 7.56. The van der Waals surface area contributed by atoms with Crippen LogP contribution in [0.25, 0.3) is 21.8 Å². The first-order valence-corrected chi connectivity index (χ1v) is 10.0. The molecule has 0 saturated carbocycles. The minimum atomic E-state index is -0.453. The van der Waals surface area contributed by atoms with Gasteiger partial charge in [-0.15, -0.1) is 0 Å². The fourth-order valence-corrected chi connectivity index (χ4v) is 4.12. The number of rotatable bonds is 4. The van der Waals surface area contributed by atoms with Crippen LogP contribution in [0.2, 0.25) is 0 Å². The first-order chi connectivity index (χ1) is 14.7.